The number of hydrogen-bond donors (Lipinski definition) is 0. The first-order valence-electron chi connectivity index (χ1n) is 7.98. The van der Waals surface area contributed by atoms with E-state index in [0.29, 0.717) is 19.6 Å². The van der Waals surface area contributed by atoms with Crippen molar-refractivity contribution in [3.05, 3.63) is 42.0 Å². The van der Waals surface area contributed by atoms with Crippen LogP contribution < -0.4 is 4.74 Å². The first-order valence-corrected chi connectivity index (χ1v) is 7.98. The minimum Gasteiger partial charge on any atom is -0.494 e. The van der Waals surface area contributed by atoms with Crippen LogP contribution in [0, 0.1) is 6.92 Å². The molecule has 0 radical (unpaired) electrons. The van der Waals surface area contributed by atoms with Crippen molar-refractivity contribution in [2.24, 2.45) is 0 Å². The maximum absolute atomic E-state index is 11.2. The number of ether oxygens (including phenoxy) is 2. The van der Waals surface area contributed by atoms with Crippen molar-refractivity contribution < 1.29 is 14.3 Å². The topological polar surface area (TPSA) is 35.5 Å². The summed E-state index contributed by atoms with van der Waals surface area (Å²) in [6.45, 7) is 5.07. The average Bonchev–Trinajstić information content (AvgIpc) is 2.51. The van der Waals surface area contributed by atoms with Gasteiger partial charge < -0.3 is 9.47 Å². The van der Waals surface area contributed by atoms with E-state index in [2.05, 4.69) is 37.3 Å². The van der Waals surface area contributed by atoms with Crippen LogP contribution in [0.4, 0.5) is 0 Å². The summed E-state index contributed by atoms with van der Waals surface area (Å²) in [7, 11) is 0. The standard InChI is InChI=1S/C19H24O3/c1-3-21-19(20)7-5-4-6-12-22-18-11-10-16-13-15(2)8-9-17(16)14-18/h8-11,13-14H,3-7,12H2,1-2H3. The minimum absolute atomic E-state index is 0.103. The van der Waals surface area contributed by atoms with Crippen molar-refractivity contribution in [3.63, 3.8) is 0 Å². The highest BCUT2D eigenvalue weighted by Gasteiger charge is 2.01. The molecule has 2 rings (SSSR count). The Morgan fingerprint density at radius 2 is 1.77 bits per heavy atom. The number of esters is 1. The molecule has 0 saturated heterocycles. The Labute approximate surface area is 132 Å². The Morgan fingerprint density at radius 3 is 2.59 bits per heavy atom. The number of aryl methyl sites for hydroxylation is 1. The molecule has 0 spiro atoms. The fourth-order valence-corrected chi connectivity index (χ4v) is 2.40. The number of unbranched alkanes of at least 4 members (excludes halogenated alkanes) is 2. The largest absolute Gasteiger partial charge is 0.494 e. The molecule has 0 fully saturated rings. The summed E-state index contributed by atoms with van der Waals surface area (Å²) < 4.78 is 10.7. The number of carbonyl (C=O) groups excluding carboxylic acids is 1. The lowest BCUT2D eigenvalue weighted by molar-refractivity contribution is -0.143. The fourth-order valence-electron chi connectivity index (χ4n) is 2.40. The Morgan fingerprint density at radius 1 is 1.00 bits per heavy atom. The molecule has 0 amide bonds. The van der Waals surface area contributed by atoms with Gasteiger partial charge in [-0.2, -0.15) is 0 Å². The van der Waals surface area contributed by atoms with Crippen molar-refractivity contribution in [2.75, 3.05) is 13.2 Å². The van der Waals surface area contributed by atoms with Crippen LogP contribution >= 0.6 is 0 Å². The van der Waals surface area contributed by atoms with Gasteiger partial charge >= 0.3 is 5.97 Å². The molecular weight excluding hydrogens is 276 g/mol. The molecule has 118 valence electrons. The van der Waals surface area contributed by atoms with Gasteiger partial charge in [-0.1, -0.05) is 29.8 Å². The molecule has 0 saturated carbocycles. The summed E-state index contributed by atoms with van der Waals surface area (Å²) in [6.07, 6.45) is 3.29. The molecule has 3 heteroatoms. The van der Waals surface area contributed by atoms with E-state index in [4.69, 9.17) is 9.47 Å². The highest BCUT2D eigenvalue weighted by Crippen LogP contribution is 2.22. The normalized spacial score (nSPS) is 10.6. The molecule has 0 aromatic heterocycles. The number of rotatable bonds is 8. The maximum Gasteiger partial charge on any atom is 0.305 e. The molecule has 0 bridgehead atoms. The van der Waals surface area contributed by atoms with Crippen molar-refractivity contribution in [2.45, 2.75) is 39.5 Å². The van der Waals surface area contributed by atoms with Gasteiger partial charge in [-0.05, 0) is 56.0 Å². The van der Waals surface area contributed by atoms with Crippen molar-refractivity contribution in [1.82, 2.24) is 0 Å². The molecule has 3 nitrogen and oxygen atoms in total. The van der Waals surface area contributed by atoms with E-state index in [1.165, 1.54) is 16.3 Å². The van der Waals surface area contributed by atoms with Crippen molar-refractivity contribution in [3.8, 4) is 5.75 Å². The number of hydrogen-bond acceptors (Lipinski definition) is 3. The summed E-state index contributed by atoms with van der Waals surface area (Å²) >= 11 is 0. The second kappa shape index (κ2) is 8.42. The highest BCUT2D eigenvalue weighted by atomic mass is 16.5. The Bertz CT molecular complexity index is 619. The van der Waals surface area contributed by atoms with Crippen LogP contribution in [0.3, 0.4) is 0 Å². The zero-order chi connectivity index (χ0) is 15.8. The SMILES string of the molecule is CCOC(=O)CCCCCOc1ccc2cc(C)ccc2c1. The third kappa shape index (κ3) is 5.06. The lowest BCUT2D eigenvalue weighted by atomic mass is 10.1. The van der Waals surface area contributed by atoms with E-state index in [9.17, 15) is 4.79 Å². The molecular formula is C19H24O3. The Balaban J connectivity index is 1.71. The Hall–Kier alpha value is -2.03. The van der Waals surface area contributed by atoms with Gasteiger partial charge in [-0.15, -0.1) is 0 Å². The van der Waals surface area contributed by atoms with E-state index in [-0.39, 0.29) is 5.97 Å². The van der Waals surface area contributed by atoms with Gasteiger partial charge in [-0.3, -0.25) is 4.79 Å². The number of carbonyl (C=O) groups is 1. The van der Waals surface area contributed by atoms with Crippen molar-refractivity contribution in [1.29, 1.82) is 0 Å². The fraction of sp³-hybridized carbons (Fsp3) is 0.421. The molecule has 0 heterocycles. The smallest absolute Gasteiger partial charge is 0.305 e. The quantitative estimate of drug-likeness (QED) is 0.526. The molecule has 0 aliphatic rings. The zero-order valence-corrected chi connectivity index (χ0v) is 13.4. The predicted octanol–water partition coefficient (Wildman–Crippen LogP) is 4.65. The molecule has 0 aliphatic heterocycles. The molecule has 22 heavy (non-hydrogen) atoms. The lowest BCUT2D eigenvalue weighted by Crippen LogP contribution is -2.04. The number of fused-ring (bicyclic) bond motifs is 1. The summed E-state index contributed by atoms with van der Waals surface area (Å²) in [6, 6.07) is 12.6. The molecule has 2 aromatic rings. The van der Waals surface area contributed by atoms with Crippen LogP contribution in [-0.2, 0) is 9.53 Å². The molecule has 0 N–H and O–H groups in total. The van der Waals surface area contributed by atoms with Gasteiger partial charge in [-0.25, -0.2) is 0 Å². The second-order valence-corrected chi connectivity index (χ2v) is 5.48. The molecule has 0 atom stereocenters. The van der Waals surface area contributed by atoms with Crippen LogP contribution in [-0.4, -0.2) is 19.2 Å². The maximum atomic E-state index is 11.2. The van der Waals surface area contributed by atoms with Gasteiger partial charge in [0.1, 0.15) is 5.75 Å². The van der Waals surface area contributed by atoms with Gasteiger partial charge in [0.05, 0.1) is 13.2 Å². The van der Waals surface area contributed by atoms with Crippen LogP contribution in [0.25, 0.3) is 10.8 Å². The van der Waals surface area contributed by atoms with Crippen LogP contribution in [0.15, 0.2) is 36.4 Å². The van der Waals surface area contributed by atoms with Crippen LogP contribution in [0.5, 0.6) is 5.75 Å². The Kier molecular flexibility index (Phi) is 6.26. The molecule has 0 unspecified atom stereocenters. The third-order valence-corrected chi connectivity index (χ3v) is 3.57. The summed E-state index contributed by atoms with van der Waals surface area (Å²) in [5.74, 6) is 0.801. The number of benzene rings is 2. The van der Waals surface area contributed by atoms with E-state index in [1.54, 1.807) is 0 Å². The average molecular weight is 300 g/mol. The first-order chi connectivity index (χ1) is 10.7. The highest BCUT2D eigenvalue weighted by molar-refractivity contribution is 5.84. The van der Waals surface area contributed by atoms with E-state index >= 15 is 0 Å². The summed E-state index contributed by atoms with van der Waals surface area (Å²) in [4.78, 5) is 11.2. The monoisotopic (exact) mass is 300 g/mol. The summed E-state index contributed by atoms with van der Waals surface area (Å²) in [5, 5.41) is 2.44. The zero-order valence-electron chi connectivity index (χ0n) is 13.4. The third-order valence-electron chi connectivity index (χ3n) is 3.57. The molecule has 2 aromatic carbocycles. The van der Waals surface area contributed by atoms with Gasteiger partial charge in [0.15, 0.2) is 0 Å². The summed E-state index contributed by atoms with van der Waals surface area (Å²) in [5.41, 5.74) is 1.27. The minimum atomic E-state index is -0.103. The van der Waals surface area contributed by atoms with Gasteiger partial charge in [0.25, 0.3) is 0 Å². The molecule has 0 aliphatic carbocycles. The van der Waals surface area contributed by atoms with Crippen LogP contribution in [0.2, 0.25) is 0 Å². The van der Waals surface area contributed by atoms with Crippen molar-refractivity contribution >= 4 is 16.7 Å². The first kappa shape index (κ1) is 16.3. The van der Waals surface area contributed by atoms with Crippen LogP contribution in [0.1, 0.15) is 38.2 Å². The van der Waals surface area contributed by atoms with E-state index in [0.717, 1.165) is 25.0 Å². The van der Waals surface area contributed by atoms with Gasteiger partial charge in [0.2, 0.25) is 0 Å². The van der Waals surface area contributed by atoms with E-state index in [1.807, 2.05) is 13.0 Å². The van der Waals surface area contributed by atoms with Gasteiger partial charge in [0, 0.05) is 6.42 Å². The predicted molar refractivity (Wildman–Crippen MR) is 89.3 cm³/mol. The van der Waals surface area contributed by atoms with E-state index < -0.39 is 0 Å². The lowest BCUT2D eigenvalue weighted by Gasteiger charge is -2.08. The second-order valence-electron chi connectivity index (χ2n) is 5.48.